The Kier molecular flexibility index (Phi) is 11.1. The molecule has 168 valence electrons. The molecule has 0 aromatic carbocycles. The summed E-state index contributed by atoms with van der Waals surface area (Å²) in [5.74, 6) is 1.66. The van der Waals surface area contributed by atoms with Crippen molar-refractivity contribution in [2.24, 2.45) is 4.99 Å². The van der Waals surface area contributed by atoms with Gasteiger partial charge in [0.1, 0.15) is 11.4 Å². The Morgan fingerprint density at radius 1 is 1.27 bits per heavy atom. The van der Waals surface area contributed by atoms with Crippen molar-refractivity contribution in [1.82, 2.24) is 15.5 Å². The number of thiophene rings is 1. The largest absolute Gasteiger partial charge is 0.469 e. The minimum Gasteiger partial charge on any atom is -0.469 e. The molecule has 3 N–H and O–H groups in total. The molecule has 1 aliphatic heterocycles. The fourth-order valence-electron chi connectivity index (χ4n) is 3.16. The molecule has 0 saturated carbocycles. The SMILES string of the molecule is CC(O)(CN=C(NCCCN1CCOCC1)NCCc1ccco1)c1ccsc1.I. The van der Waals surface area contributed by atoms with Gasteiger partial charge in [-0.15, -0.1) is 24.0 Å². The number of morpholine rings is 1. The standard InChI is InChI=1S/C21H32N4O3S.HI/c1-21(26,18-6-15-29-16-18)17-24-20(23-8-5-19-4-2-12-28-19)22-7-3-9-25-10-13-27-14-11-25;/h2,4,6,12,15-16,26H,3,5,7-11,13-14,17H2,1H3,(H2,22,23,24);1H. The maximum absolute atomic E-state index is 10.8. The van der Waals surface area contributed by atoms with Crippen LogP contribution in [0.5, 0.6) is 0 Å². The fraction of sp³-hybridized carbons (Fsp3) is 0.571. The summed E-state index contributed by atoms with van der Waals surface area (Å²) < 4.78 is 10.8. The predicted octanol–water partition coefficient (Wildman–Crippen LogP) is 2.67. The quantitative estimate of drug-likeness (QED) is 0.183. The molecule has 0 radical (unpaired) electrons. The van der Waals surface area contributed by atoms with Gasteiger partial charge in [-0.1, -0.05) is 0 Å². The normalized spacial score (nSPS) is 17.2. The van der Waals surface area contributed by atoms with Crippen LogP contribution >= 0.6 is 35.3 Å². The van der Waals surface area contributed by atoms with Gasteiger partial charge < -0.3 is 24.9 Å². The van der Waals surface area contributed by atoms with Crippen LogP contribution in [0.1, 0.15) is 24.7 Å². The highest BCUT2D eigenvalue weighted by Gasteiger charge is 2.23. The Hall–Kier alpha value is -1.14. The van der Waals surface area contributed by atoms with Gasteiger partial charge in [-0.3, -0.25) is 4.90 Å². The van der Waals surface area contributed by atoms with Gasteiger partial charge in [0.05, 0.1) is 26.0 Å². The molecule has 2 aromatic rings. The lowest BCUT2D eigenvalue weighted by Gasteiger charge is -2.26. The summed E-state index contributed by atoms with van der Waals surface area (Å²) in [6.07, 6.45) is 3.49. The smallest absolute Gasteiger partial charge is 0.191 e. The zero-order valence-electron chi connectivity index (χ0n) is 17.5. The van der Waals surface area contributed by atoms with Gasteiger partial charge in [-0.25, -0.2) is 4.99 Å². The number of rotatable bonds is 10. The monoisotopic (exact) mass is 548 g/mol. The van der Waals surface area contributed by atoms with Gasteiger partial charge >= 0.3 is 0 Å². The number of ether oxygens (including phenoxy) is 1. The maximum atomic E-state index is 10.8. The van der Waals surface area contributed by atoms with Crippen LogP contribution in [0.4, 0.5) is 0 Å². The van der Waals surface area contributed by atoms with Gasteiger partial charge in [0, 0.05) is 32.6 Å². The Morgan fingerprint density at radius 3 is 2.77 bits per heavy atom. The minimum atomic E-state index is -0.983. The zero-order valence-corrected chi connectivity index (χ0v) is 20.7. The Morgan fingerprint density at radius 2 is 2.07 bits per heavy atom. The third-order valence-corrected chi connectivity index (χ3v) is 5.66. The number of aliphatic imine (C=N–C) groups is 1. The van der Waals surface area contributed by atoms with Gasteiger partial charge in [0.2, 0.25) is 0 Å². The maximum Gasteiger partial charge on any atom is 0.191 e. The molecule has 3 heterocycles. The van der Waals surface area contributed by atoms with E-state index in [0.29, 0.717) is 19.0 Å². The number of hydrogen-bond donors (Lipinski definition) is 3. The first-order valence-electron chi connectivity index (χ1n) is 10.2. The fourth-order valence-corrected chi connectivity index (χ4v) is 3.95. The number of furan rings is 1. The van der Waals surface area contributed by atoms with E-state index in [1.807, 2.05) is 29.0 Å². The molecule has 1 saturated heterocycles. The highest BCUT2D eigenvalue weighted by atomic mass is 127. The summed E-state index contributed by atoms with van der Waals surface area (Å²) in [5.41, 5.74) is -0.0860. The molecule has 3 rings (SSSR count). The van der Waals surface area contributed by atoms with E-state index in [9.17, 15) is 5.11 Å². The second-order valence-electron chi connectivity index (χ2n) is 7.44. The van der Waals surface area contributed by atoms with E-state index >= 15 is 0 Å². The molecule has 2 aromatic heterocycles. The van der Waals surface area contributed by atoms with Crippen LogP contribution < -0.4 is 10.6 Å². The topological polar surface area (TPSA) is 82.3 Å². The van der Waals surface area contributed by atoms with Crippen LogP contribution in [0.15, 0.2) is 44.6 Å². The Bertz CT molecular complexity index is 717. The van der Waals surface area contributed by atoms with E-state index in [2.05, 4.69) is 20.5 Å². The predicted molar refractivity (Wildman–Crippen MR) is 132 cm³/mol. The number of halogens is 1. The molecule has 0 bridgehead atoms. The molecule has 1 fully saturated rings. The van der Waals surface area contributed by atoms with Gasteiger partial charge in [0.15, 0.2) is 5.96 Å². The molecule has 0 aliphatic carbocycles. The first-order chi connectivity index (χ1) is 14.1. The number of hydrogen-bond acceptors (Lipinski definition) is 6. The van der Waals surface area contributed by atoms with Gasteiger partial charge in [-0.05, 0) is 54.4 Å². The lowest BCUT2D eigenvalue weighted by Crippen LogP contribution is -2.42. The van der Waals surface area contributed by atoms with E-state index in [1.54, 1.807) is 24.5 Å². The van der Waals surface area contributed by atoms with Crippen LogP contribution in [0.3, 0.4) is 0 Å². The van der Waals surface area contributed by atoms with Crippen molar-refractivity contribution in [3.8, 4) is 0 Å². The second kappa shape index (κ2) is 13.3. The molecule has 9 heteroatoms. The highest BCUT2D eigenvalue weighted by molar-refractivity contribution is 14.0. The third-order valence-electron chi connectivity index (χ3n) is 4.98. The van der Waals surface area contributed by atoms with Crippen molar-refractivity contribution in [1.29, 1.82) is 0 Å². The van der Waals surface area contributed by atoms with Gasteiger partial charge in [0.25, 0.3) is 0 Å². The third kappa shape index (κ3) is 8.54. The average Bonchev–Trinajstić information content (AvgIpc) is 3.44. The average molecular weight is 548 g/mol. The molecule has 7 nitrogen and oxygen atoms in total. The number of aliphatic hydroxyl groups is 1. The summed E-state index contributed by atoms with van der Waals surface area (Å²) in [6.45, 7) is 8.34. The Balaban J connectivity index is 0.00000320. The molecule has 0 amide bonds. The molecule has 1 unspecified atom stereocenters. The van der Waals surface area contributed by atoms with Crippen LogP contribution in [0.2, 0.25) is 0 Å². The molecule has 0 spiro atoms. The zero-order chi connectivity index (χ0) is 20.4. The highest BCUT2D eigenvalue weighted by Crippen LogP contribution is 2.23. The summed E-state index contributed by atoms with van der Waals surface area (Å²) in [5, 5.41) is 21.4. The van der Waals surface area contributed by atoms with Gasteiger partial charge in [-0.2, -0.15) is 11.3 Å². The first kappa shape index (κ1) is 25.1. The van der Waals surface area contributed by atoms with E-state index in [-0.39, 0.29) is 24.0 Å². The molecule has 1 atom stereocenters. The van der Waals surface area contributed by atoms with E-state index in [1.165, 1.54) is 0 Å². The summed E-state index contributed by atoms with van der Waals surface area (Å²) in [4.78, 5) is 7.06. The molecular formula is C21H33IN4O3S. The minimum absolute atomic E-state index is 0. The second-order valence-corrected chi connectivity index (χ2v) is 8.22. The summed E-state index contributed by atoms with van der Waals surface area (Å²) >= 11 is 1.58. The van der Waals surface area contributed by atoms with Crippen molar-refractivity contribution in [3.63, 3.8) is 0 Å². The van der Waals surface area contributed by atoms with E-state index < -0.39 is 5.60 Å². The molecule has 30 heavy (non-hydrogen) atoms. The molecular weight excluding hydrogens is 515 g/mol. The Labute approximate surface area is 199 Å². The number of guanidine groups is 1. The lowest BCUT2D eigenvalue weighted by atomic mass is 10.00. The van der Waals surface area contributed by atoms with Crippen molar-refractivity contribution < 1.29 is 14.3 Å². The molecule has 1 aliphatic rings. The summed E-state index contributed by atoms with van der Waals surface area (Å²) in [7, 11) is 0. The number of nitrogens with zero attached hydrogens (tertiary/aromatic N) is 2. The lowest BCUT2D eigenvalue weighted by molar-refractivity contribution is 0.0376. The first-order valence-corrected chi connectivity index (χ1v) is 11.2. The number of nitrogens with one attached hydrogen (secondary N) is 2. The van der Waals surface area contributed by atoms with Crippen molar-refractivity contribution in [3.05, 3.63) is 46.5 Å². The van der Waals surface area contributed by atoms with Crippen LogP contribution in [-0.4, -0.2) is 68.4 Å². The van der Waals surface area contributed by atoms with Crippen molar-refractivity contribution >= 4 is 41.3 Å². The van der Waals surface area contributed by atoms with Crippen LogP contribution in [0.25, 0.3) is 0 Å². The van der Waals surface area contributed by atoms with Crippen LogP contribution in [0, 0.1) is 0 Å². The van der Waals surface area contributed by atoms with Crippen molar-refractivity contribution in [2.45, 2.75) is 25.4 Å². The van der Waals surface area contributed by atoms with Crippen LogP contribution in [-0.2, 0) is 16.8 Å². The summed E-state index contributed by atoms with van der Waals surface area (Å²) in [6, 6.07) is 5.81. The van der Waals surface area contributed by atoms with E-state index in [4.69, 9.17) is 9.15 Å². The van der Waals surface area contributed by atoms with E-state index in [0.717, 1.165) is 63.6 Å². The van der Waals surface area contributed by atoms with Crippen molar-refractivity contribution in [2.75, 3.05) is 52.5 Å².